The normalized spacial score (nSPS) is 20.0. The van der Waals surface area contributed by atoms with Gasteiger partial charge in [0, 0.05) is 60.6 Å². The number of halogens is 1. The lowest BCUT2D eigenvalue weighted by Gasteiger charge is -2.45. The molecule has 1 aliphatic heterocycles. The zero-order valence-corrected chi connectivity index (χ0v) is 27.6. The molecule has 8 heteroatoms. The van der Waals surface area contributed by atoms with Crippen LogP contribution in [0.3, 0.4) is 0 Å². The highest BCUT2D eigenvalue weighted by Crippen LogP contribution is 2.67. The summed E-state index contributed by atoms with van der Waals surface area (Å²) in [5.74, 6) is 1.14. The van der Waals surface area contributed by atoms with Crippen LogP contribution in [0.15, 0.2) is 72.8 Å². The number of hydrogen-bond donors (Lipinski definition) is 2. The number of fused-ring (bicyclic) bond motifs is 1. The van der Waals surface area contributed by atoms with Crippen LogP contribution in [0.25, 0.3) is 10.9 Å². The van der Waals surface area contributed by atoms with Gasteiger partial charge < -0.3 is 20.1 Å². The number of nitrogens with zero attached hydrogens (tertiary/aromatic N) is 2. The second kappa shape index (κ2) is 12.2. The first kappa shape index (κ1) is 31.2. The predicted octanol–water partition coefficient (Wildman–Crippen LogP) is 7.74. The summed E-state index contributed by atoms with van der Waals surface area (Å²) in [4.78, 5) is 36.3. The summed E-state index contributed by atoms with van der Waals surface area (Å²) < 4.78 is 15.1. The Morgan fingerprint density at radius 3 is 2.33 bits per heavy atom. The lowest BCUT2D eigenvalue weighted by atomic mass is 9.87. The highest BCUT2D eigenvalue weighted by Gasteiger charge is 2.60. The molecule has 2 heterocycles. The van der Waals surface area contributed by atoms with Crippen LogP contribution in [0, 0.1) is 24.1 Å². The number of para-hydroxylation sites is 1. The molecule has 4 aromatic rings. The van der Waals surface area contributed by atoms with E-state index in [4.69, 9.17) is 0 Å². The predicted molar refractivity (Wildman–Crippen MR) is 183 cm³/mol. The summed E-state index contributed by atoms with van der Waals surface area (Å²) in [6.45, 7) is 6.62. The summed E-state index contributed by atoms with van der Waals surface area (Å²) in [7, 11) is 3.94. The summed E-state index contributed by atoms with van der Waals surface area (Å²) in [5.41, 5.74) is 4.46. The summed E-state index contributed by atoms with van der Waals surface area (Å²) in [6.07, 6.45) is 1.32. The van der Waals surface area contributed by atoms with E-state index in [0.717, 1.165) is 28.4 Å². The van der Waals surface area contributed by atoms with E-state index in [1.165, 1.54) is 17.0 Å². The van der Waals surface area contributed by atoms with Gasteiger partial charge in [0.05, 0.1) is 0 Å². The zero-order chi connectivity index (χ0) is 31.9. The van der Waals surface area contributed by atoms with E-state index in [2.05, 4.69) is 49.3 Å². The van der Waals surface area contributed by atoms with Gasteiger partial charge in [0.1, 0.15) is 11.4 Å². The molecule has 1 aliphatic carbocycles. The first-order valence-corrected chi connectivity index (χ1v) is 17.0. The summed E-state index contributed by atoms with van der Waals surface area (Å²) in [5, 5.41) is 4.34. The van der Waals surface area contributed by atoms with E-state index in [0.29, 0.717) is 30.5 Å². The molecule has 0 radical (unpaired) electrons. The average molecular weight is 627 g/mol. The number of hydrogen-bond acceptors (Lipinski definition) is 4. The fourth-order valence-corrected chi connectivity index (χ4v) is 8.56. The van der Waals surface area contributed by atoms with Gasteiger partial charge in [-0.25, -0.2) is 4.39 Å². The molecule has 2 fully saturated rings. The number of carbonyl (C=O) groups is 2. The molecule has 1 aromatic heterocycles. The minimum atomic E-state index is -1.09. The number of amides is 2. The van der Waals surface area contributed by atoms with Crippen molar-refractivity contribution in [2.45, 2.75) is 58.0 Å². The molecule has 3 aromatic carbocycles. The largest absolute Gasteiger partial charge is 0.378 e. The molecule has 2 amide bonds. The van der Waals surface area contributed by atoms with E-state index < -0.39 is 5.54 Å². The second-order valence-electron chi connectivity index (χ2n) is 13.4. The Kier molecular flexibility index (Phi) is 8.46. The van der Waals surface area contributed by atoms with Crippen molar-refractivity contribution in [2.75, 3.05) is 35.8 Å². The van der Waals surface area contributed by atoms with Crippen LogP contribution in [0.4, 0.5) is 15.8 Å². The third-order valence-electron chi connectivity index (χ3n) is 10.2. The molecule has 1 saturated heterocycles. The third-order valence-corrected chi connectivity index (χ3v) is 11.2. The van der Waals surface area contributed by atoms with Crippen LogP contribution < -0.4 is 10.2 Å². The first-order valence-electron chi connectivity index (χ1n) is 15.8. The fraction of sp³-hybridized carbons (Fsp3) is 0.405. The number of benzene rings is 3. The highest BCUT2D eigenvalue weighted by atomic mass is 32.2. The van der Waals surface area contributed by atoms with Crippen LogP contribution in [0.2, 0.25) is 0 Å². The summed E-state index contributed by atoms with van der Waals surface area (Å²) >= 11 is 1.79. The lowest BCUT2D eigenvalue weighted by Crippen LogP contribution is -2.60. The maximum Gasteiger partial charge on any atom is 0.250 e. The van der Waals surface area contributed by atoms with Gasteiger partial charge in [-0.15, -0.1) is 0 Å². The molecular formula is C37H43FN4O2S. The number of nitrogens with one attached hydrogen (secondary N) is 2. The Morgan fingerprint density at radius 2 is 1.64 bits per heavy atom. The minimum absolute atomic E-state index is 0.0487. The molecule has 2 unspecified atom stereocenters. The van der Waals surface area contributed by atoms with Crippen molar-refractivity contribution in [2.24, 2.45) is 11.3 Å². The molecule has 45 heavy (non-hydrogen) atoms. The van der Waals surface area contributed by atoms with Crippen molar-refractivity contribution in [3.8, 4) is 0 Å². The van der Waals surface area contributed by atoms with Crippen molar-refractivity contribution >= 4 is 45.9 Å². The minimum Gasteiger partial charge on any atom is -0.378 e. The molecule has 1 saturated carbocycles. The highest BCUT2D eigenvalue weighted by molar-refractivity contribution is 7.99. The SMILES string of the molecule is Cc1[nH]c2ccccc2c1C1C(CC(=O)N(Cc2ccccc2F)C2(C(=O)Nc3ccc(N(C)C)cc3)CCSCC2)C1(C)C. The topological polar surface area (TPSA) is 68.4 Å². The van der Waals surface area contributed by atoms with E-state index in [1.807, 2.05) is 49.3 Å². The maximum atomic E-state index is 15.1. The Bertz CT molecular complexity index is 1710. The van der Waals surface area contributed by atoms with Crippen LogP contribution in [-0.2, 0) is 16.1 Å². The van der Waals surface area contributed by atoms with E-state index in [9.17, 15) is 9.59 Å². The van der Waals surface area contributed by atoms with Gasteiger partial charge in [-0.3, -0.25) is 9.59 Å². The zero-order valence-electron chi connectivity index (χ0n) is 26.8. The van der Waals surface area contributed by atoms with Crippen molar-refractivity contribution in [3.05, 3.63) is 95.4 Å². The lowest BCUT2D eigenvalue weighted by molar-refractivity contribution is -0.147. The molecule has 0 spiro atoms. The van der Waals surface area contributed by atoms with Gasteiger partial charge in [-0.1, -0.05) is 50.2 Å². The summed E-state index contributed by atoms with van der Waals surface area (Å²) in [6, 6.07) is 22.6. The number of anilines is 2. The van der Waals surface area contributed by atoms with Crippen molar-refractivity contribution in [1.82, 2.24) is 9.88 Å². The molecule has 0 bridgehead atoms. The van der Waals surface area contributed by atoms with E-state index in [1.54, 1.807) is 34.9 Å². The standard InChI is InChI=1S/C37H43FN4O2S/c1-24-33(28-11-7-9-13-31(28)39-24)34-29(36(34,2)3)22-32(43)42(23-25-10-6-8-12-30(25)38)37(18-20-45-21-19-37)35(44)40-26-14-16-27(17-15-26)41(4)5/h6-17,29,34,39H,18-23H2,1-5H3,(H,40,44). The van der Waals surface area contributed by atoms with Gasteiger partial charge in [-0.2, -0.15) is 11.8 Å². The monoisotopic (exact) mass is 626 g/mol. The van der Waals surface area contributed by atoms with Gasteiger partial charge in [-0.05, 0) is 90.5 Å². The van der Waals surface area contributed by atoms with Crippen LogP contribution in [0.1, 0.15) is 55.8 Å². The molecular weight excluding hydrogens is 583 g/mol. The van der Waals surface area contributed by atoms with Crippen LogP contribution in [-0.4, -0.2) is 52.8 Å². The number of thioether (sulfide) groups is 1. The number of rotatable bonds is 9. The molecule has 2 aliphatic rings. The van der Waals surface area contributed by atoms with Gasteiger partial charge >= 0.3 is 0 Å². The fourth-order valence-electron chi connectivity index (χ4n) is 7.39. The van der Waals surface area contributed by atoms with Crippen molar-refractivity contribution in [3.63, 3.8) is 0 Å². The first-order chi connectivity index (χ1) is 21.5. The van der Waals surface area contributed by atoms with Crippen LogP contribution >= 0.6 is 11.8 Å². The van der Waals surface area contributed by atoms with Crippen molar-refractivity contribution in [1.29, 1.82) is 0 Å². The quantitative estimate of drug-likeness (QED) is 0.199. The molecule has 236 valence electrons. The van der Waals surface area contributed by atoms with Gasteiger partial charge in [0.15, 0.2) is 0 Å². The van der Waals surface area contributed by atoms with Crippen molar-refractivity contribution < 1.29 is 14.0 Å². The van der Waals surface area contributed by atoms with Gasteiger partial charge in [0.25, 0.3) is 0 Å². The molecule has 2 atom stereocenters. The number of aryl methyl sites for hydroxylation is 1. The van der Waals surface area contributed by atoms with Crippen LogP contribution in [0.5, 0.6) is 0 Å². The Labute approximate surface area is 269 Å². The second-order valence-corrected chi connectivity index (χ2v) is 14.7. The third kappa shape index (κ3) is 5.85. The number of H-pyrrole nitrogens is 1. The Hall–Kier alpha value is -3.78. The smallest absolute Gasteiger partial charge is 0.250 e. The molecule has 6 nitrogen and oxygen atoms in total. The maximum absolute atomic E-state index is 15.1. The van der Waals surface area contributed by atoms with E-state index in [-0.39, 0.29) is 41.4 Å². The number of aromatic amines is 1. The number of aromatic nitrogens is 1. The van der Waals surface area contributed by atoms with E-state index >= 15 is 4.39 Å². The van der Waals surface area contributed by atoms with Gasteiger partial charge in [0.2, 0.25) is 11.8 Å². The Balaban J connectivity index is 1.33. The Morgan fingerprint density at radius 1 is 0.978 bits per heavy atom. The molecule has 6 rings (SSSR count). The number of carbonyl (C=O) groups excluding carboxylic acids is 2. The average Bonchev–Trinajstić information content (AvgIpc) is 3.37. The molecule has 2 N–H and O–H groups in total.